The number of ketones is 2. The van der Waals surface area contributed by atoms with Gasteiger partial charge in [-0.25, -0.2) is 4.79 Å². The van der Waals surface area contributed by atoms with Crippen molar-refractivity contribution >= 4 is 23.3 Å². The van der Waals surface area contributed by atoms with Crippen LogP contribution in [0.2, 0.25) is 0 Å². The summed E-state index contributed by atoms with van der Waals surface area (Å²) in [5.41, 5.74) is 1.07. The van der Waals surface area contributed by atoms with Crippen LogP contribution in [-0.2, 0) is 4.74 Å². The first kappa shape index (κ1) is 13.9. The lowest BCUT2D eigenvalue weighted by Crippen LogP contribution is -2.25. The van der Waals surface area contributed by atoms with Gasteiger partial charge in [-0.15, -0.1) is 0 Å². The summed E-state index contributed by atoms with van der Waals surface area (Å²) >= 11 is 0. The van der Waals surface area contributed by atoms with E-state index in [0.717, 1.165) is 0 Å². The molecule has 95 valence electrons. The molecule has 1 radical (unpaired) electrons. The van der Waals surface area contributed by atoms with E-state index in [4.69, 9.17) is 0 Å². The quantitative estimate of drug-likeness (QED) is 0.771. The van der Waals surface area contributed by atoms with Crippen LogP contribution in [0.25, 0.3) is 0 Å². The smallest absolute Gasteiger partial charge is 0.414 e. The van der Waals surface area contributed by atoms with Gasteiger partial charge in [-0.3, -0.25) is 14.5 Å². The fourth-order valence-electron chi connectivity index (χ4n) is 1.54. The minimum atomic E-state index is -0.653. The number of nitrogens with zero attached hydrogens (tertiary/aromatic N) is 1. The van der Waals surface area contributed by atoms with E-state index in [0.29, 0.717) is 11.3 Å². The Hall–Kier alpha value is -2.17. The molecule has 0 aromatic heterocycles. The van der Waals surface area contributed by atoms with Gasteiger partial charge in [0, 0.05) is 23.9 Å². The number of carbonyl (C=O) groups is 3. The standard InChI is InChI=1S/C13H14NO4/c1-8(15)11-6-5-10(7-12(11)9(2)16)14(3)13(17)18-4/h5-7H,4H2,1-3H3. The summed E-state index contributed by atoms with van der Waals surface area (Å²) in [6, 6.07) is 4.57. The Balaban J connectivity index is 3.27. The SMILES string of the molecule is [CH2]OC(=O)N(C)c1ccc(C(C)=O)c(C(C)=O)c1. The van der Waals surface area contributed by atoms with Crippen molar-refractivity contribution in [3.63, 3.8) is 0 Å². The summed E-state index contributed by atoms with van der Waals surface area (Å²) in [6.07, 6.45) is -0.653. The Bertz CT molecular complexity index is 508. The summed E-state index contributed by atoms with van der Waals surface area (Å²) in [5.74, 6) is -0.437. The van der Waals surface area contributed by atoms with E-state index in [-0.39, 0.29) is 17.1 Å². The lowest BCUT2D eigenvalue weighted by Gasteiger charge is -2.17. The maximum absolute atomic E-state index is 11.5. The molecular formula is C13H14NO4. The number of hydrogen-bond donors (Lipinski definition) is 0. The third kappa shape index (κ3) is 2.74. The Morgan fingerprint density at radius 2 is 1.67 bits per heavy atom. The minimum absolute atomic E-state index is 0.200. The molecule has 1 aromatic carbocycles. The van der Waals surface area contributed by atoms with Gasteiger partial charge in [0.25, 0.3) is 0 Å². The second kappa shape index (κ2) is 5.44. The fourth-order valence-corrected chi connectivity index (χ4v) is 1.54. The number of hydrogen-bond acceptors (Lipinski definition) is 4. The highest BCUT2D eigenvalue weighted by Crippen LogP contribution is 2.20. The zero-order valence-electron chi connectivity index (χ0n) is 10.5. The first-order chi connectivity index (χ1) is 8.38. The summed E-state index contributed by atoms with van der Waals surface area (Å²) < 4.78 is 4.33. The molecule has 0 aliphatic rings. The van der Waals surface area contributed by atoms with Crippen LogP contribution in [0.1, 0.15) is 34.6 Å². The van der Waals surface area contributed by atoms with E-state index in [9.17, 15) is 14.4 Å². The third-order valence-electron chi connectivity index (χ3n) is 2.55. The Labute approximate surface area is 105 Å². The summed E-state index contributed by atoms with van der Waals surface area (Å²) in [6.45, 7) is 2.75. The van der Waals surface area contributed by atoms with Crippen LogP contribution in [0.3, 0.4) is 0 Å². The monoisotopic (exact) mass is 248 g/mol. The summed E-state index contributed by atoms with van der Waals surface area (Å²) in [7, 11) is 4.51. The number of ether oxygens (including phenoxy) is 1. The molecule has 0 saturated carbocycles. The molecule has 18 heavy (non-hydrogen) atoms. The maximum Gasteiger partial charge on any atom is 0.414 e. The number of Topliss-reactive ketones (excluding diaryl/α,β-unsaturated/α-hetero) is 2. The molecular weight excluding hydrogens is 234 g/mol. The van der Waals surface area contributed by atoms with Gasteiger partial charge in [0.2, 0.25) is 0 Å². The van der Waals surface area contributed by atoms with Gasteiger partial charge < -0.3 is 4.74 Å². The predicted octanol–water partition coefficient (Wildman–Crippen LogP) is 2.46. The van der Waals surface area contributed by atoms with Crippen LogP contribution in [-0.4, -0.2) is 24.7 Å². The Morgan fingerprint density at radius 3 is 2.11 bits per heavy atom. The van der Waals surface area contributed by atoms with Crippen LogP contribution in [0, 0.1) is 7.11 Å². The van der Waals surface area contributed by atoms with Gasteiger partial charge in [-0.05, 0) is 32.0 Å². The summed E-state index contributed by atoms with van der Waals surface area (Å²) in [4.78, 5) is 35.4. The number of anilines is 1. The van der Waals surface area contributed by atoms with Crippen LogP contribution < -0.4 is 4.90 Å². The number of rotatable bonds is 3. The second-order valence-corrected chi connectivity index (χ2v) is 3.81. The average Bonchev–Trinajstić information content (AvgIpc) is 2.35. The zero-order chi connectivity index (χ0) is 13.9. The van der Waals surface area contributed by atoms with Crippen molar-refractivity contribution in [3.05, 3.63) is 36.4 Å². The molecule has 0 N–H and O–H groups in total. The maximum atomic E-state index is 11.5. The van der Waals surface area contributed by atoms with Crippen molar-refractivity contribution in [1.82, 2.24) is 0 Å². The van der Waals surface area contributed by atoms with Crippen molar-refractivity contribution in [2.24, 2.45) is 0 Å². The fraction of sp³-hybridized carbons (Fsp3) is 0.231. The zero-order valence-corrected chi connectivity index (χ0v) is 10.5. The molecule has 0 bridgehead atoms. The molecule has 0 atom stereocenters. The molecule has 5 heteroatoms. The van der Waals surface area contributed by atoms with E-state index in [1.54, 1.807) is 6.07 Å². The molecule has 0 aliphatic heterocycles. The number of benzene rings is 1. The van der Waals surface area contributed by atoms with Crippen molar-refractivity contribution in [1.29, 1.82) is 0 Å². The molecule has 0 spiro atoms. The van der Waals surface area contributed by atoms with Gasteiger partial charge in [0.1, 0.15) is 7.11 Å². The predicted molar refractivity (Wildman–Crippen MR) is 66.7 cm³/mol. The van der Waals surface area contributed by atoms with Crippen LogP contribution in [0.5, 0.6) is 0 Å². The number of amides is 1. The molecule has 1 rings (SSSR count). The average molecular weight is 248 g/mol. The normalized spacial score (nSPS) is 9.78. The molecule has 0 unspecified atom stereocenters. The third-order valence-corrected chi connectivity index (χ3v) is 2.55. The molecule has 0 aliphatic carbocycles. The highest BCUT2D eigenvalue weighted by Gasteiger charge is 2.16. The Morgan fingerprint density at radius 1 is 1.11 bits per heavy atom. The molecule has 1 aromatic rings. The molecule has 0 fully saturated rings. The first-order valence-electron chi connectivity index (χ1n) is 5.24. The van der Waals surface area contributed by atoms with Gasteiger partial charge in [-0.2, -0.15) is 0 Å². The van der Waals surface area contributed by atoms with Gasteiger partial charge in [0.15, 0.2) is 11.6 Å². The van der Waals surface area contributed by atoms with E-state index in [1.165, 1.54) is 37.9 Å². The molecule has 0 heterocycles. The van der Waals surface area contributed by atoms with Crippen molar-refractivity contribution < 1.29 is 19.1 Å². The molecule has 1 amide bonds. The second-order valence-electron chi connectivity index (χ2n) is 3.81. The van der Waals surface area contributed by atoms with Crippen LogP contribution in [0.4, 0.5) is 10.5 Å². The van der Waals surface area contributed by atoms with Gasteiger partial charge in [0.05, 0.1) is 0 Å². The Kier molecular flexibility index (Phi) is 4.20. The van der Waals surface area contributed by atoms with Crippen molar-refractivity contribution in [2.45, 2.75) is 13.8 Å². The largest absolute Gasteiger partial charge is 0.446 e. The van der Waals surface area contributed by atoms with Gasteiger partial charge >= 0.3 is 6.09 Å². The van der Waals surface area contributed by atoms with Crippen molar-refractivity contribution in [3.8, 4) is 0 Å². The van der Waals surface area contributed by atoms with Crippen LogP contribution >= 0.6 is 0 Å². The minimum Gasteiger partial charge on any atom is -0.446 e. The van der Waals surface area contributed by atoms with E-state index < -0.39 is 6.09 Å². The topological polar surface area (TPSA) is 63.7 Å². The van der Waals surface area contributed by atoms with Crippen LogP contribution in [0.15, 0.2) is 18.2 Å². The molecule has 0 saturated heterocycles. The lowest BCUT2D eigenvalue weighted by molar-refractivity contribution is 0.0981. The lowest BCUT2D eigenvalue weighted by atomic mass is 10.0. The first-order valence-corrected chi connectivity index (χ1v) is 5.24. The summed E-state index contributed by atoms with van der Waals surface area (Å²) in [5, 5.41) is 0. The van der Waals surface area contributed by atoms with E-state index >= 15 is 0 Å². The van der Waals surface area contributed by atoms with E-state index in [1.807, 2.05) is 0 Å². The van der Waals surface area contributed by atoms with E-state index in [2.05, 4.69) is 11.8 Å². The van der Waals surface area contributed by atoms with Gasteiger partial charge in [-0.1, -0.05) is 0 Å². The number of carbonyl (C=O) groups excluding carboxylic acids is 3. The highest BCUT2D eigenvalue weighted by atomic mass is 16.5. The van der Waals surface area contributed by atoms with Crippen molar-refractivity contribution in [2.75, 3.05) is 11.9 Å². The highest BCUT2D eigenvalue weighted by molar-refractivity contribution is 6.08. The molecule has 5 nitrogen and oxygen atoms in total.